The Kier molecular flexibility index (Phi) is 5.22. The second-order valence-corrected chi connectivity index (χ2v) is 3.52. The lowest BCUT2D eigenvalue weighted by Crippen LogP contribution is -2.28. The van der Waals surface area contributed by atoms with Crippen LogP contribution in [0.5, 0.6) is 11.5 Å². The maximum Gasteiger partial charge on any atom is 0.186 e. The molecule has 17 heavy (non-hydrogen) atoms. The number of phenols is 1. The van der Waals surface area contributed by atoms with Gasteiger partial charge >= 0.3 is 0 Å². The minimum absolute atomic E-state index is 0.114. The lowest BCUT2D eigenvalue weighted by molar-refractivity contribution is 0.318. The van der Waals surface area contributed by atoms with Crippen LogP contribution in [0.4, 0.5) is 0 Å². The summed E-state index contributed by atoms with van der Waals surface area (Å²) in [5.41, 5.74) is 3.44. The van der Waals surface area contributed by atoms with Gasteiger partial charge in [-0.25, -0.2) is 0 Å². The maximum atomic E-state index is 9.50. The third-order valence-corrected chi connectivity index (χ3v) is 2.19. The van der Waals surface area contributed by atoms with Gasteiger partial charge in [0, 0.05) is 7.05 Å². The van der Waals surface area contributed by atoms with Gasteiger partial charge in [0.15, 0.2) is 16.6 Å². The van der Waals surface area contributed by atoms with Crippen molar-refractivity contribution >= 4 is 23.5 Å². The number of aromatic hydroxyl groups is 1. The number of hydrogen-bond acceptors (Lipinski definition) is 4. The topological polar surface area (TPSA) is 65.9 Å². The highest BCUT2D eigenvalue weighted by atomic mass is 32.1. The summed E-state index contributed by atoms with van der Waals surface area (Å²) in [6, 6.07) is 4.99. The molecule has 0 spiro atoms. The van der Waals surface area contributed by atoms with E-state index >= 15 is 0 Å². The molecule has 5 nitrogen and oxygen atoms in total. The Balaban J connectivity index is 2.71. The molecule has 0 atom stereocenters. The molecule has 0 saturated carbocycles. The van der Waals surface area contributed by atoms with Crippen LogP contribution in [-0.2, 0) is 0 Å². The first-order valence-electron chi connectivity index (χ1n) is 5.14. The first-order chi connectivity index (χ1) is 8.17. The van der Waals surface area contributed by atoms with E-state index in [-0.39, 0.29) is 5.75 Å². The summed E-state index contributed by atoms with van der Waals surface area (Å²) in [4.78, 5) is 0. The average Bonchev–Trinajstić information content (AvgIpc) is 2.33. The smallest absolute Gasteiger partial charge is 0.186 e. The monoisotopic (exact) mass is 253 g/mol. The molecule has 0 aliphatic carbocycles. The zero-order chi connectivity index (χ0) is 12.7. The van der Waals surface area contributed by atoms with Crippen molar-refractivity contribution in [1.82, 2.24) is 10.7 Å². The maximum absolute atomic E-state index is 9.50. The zero-order valence-electron chi connectivity index (χ0n) is 9.73. The molecule has 0 unspecified atom stereocenters. The highest BCUT2D eigenvalue weighted by Gasteiger charge is 2.01. The predicted octanol–water partition coefficient (Wildman–Crippen LogP) is 1.22. The van der Waals surface area contributed by atoms with Crippen LogP contribution in [0, 0.1) is 0 Å². The van der Waals surface area contributed by atoms with E-state index in [0.717, 1.165) is 5.56 Å². The largest absolute Gasteiger partial charge is 0.504 e. The number of hydrazone groups is 1. The summed E-state index contributed by atoms with van der Waals surface area (Å²) < 4.78 is 5.26. The van der Waals surface area contributed by atoms with Gasteiger partial charge < -0.3 is 15.2 Å². The summed E-state index contributed by atoms with van der Waals surface area (Å²) in [6.45, 7) is 2.35. The van der Waals surface area contributed by atoms with E-state index in [4.69, 9.17) is 17.0 Å². The van der Waals surface area contributed by atoms with Gasteiger partial charge in [-0.15, -0.1) is 0 Å². The number of nitrogens with one attached hydrogen (secondary N) is 2. The van der Waals surface area contributed by atoms with Crippen molar-refractivity contribution < 1.29 is 9.84 Å². The van der Waals surface area contributed by atoms with Crippen LogP contribution in [0.3, 0.4) is 0 Å². The number of hydrogen-bond donors (Lipinski definition) is 3. The van der Waals surface area contributed by atoms with E-state index in [0.29, 0.717) is 17.5 Å². The summed E-state index contributed by atoms with van der Waals surface area (Å²) in [6.07, 6.45) is 1.59. The van der Waals surface area contributed by atoms with Crippen LogP contribution in [0.15, 0.2) is 23.3 Å². The van der Waals surface area contributed by atoms with Crippen molar-refractivity contribution in [1.29, 1.82) is 0 Å². The Morgan fingerprint density at radius 2 is 2.35 bits per heavy atom. The fraction of sp³-hybridized carbons (Fsp3) is 0.273. The van der Waals surface area contributed by atoms with Crippen LogP contribution in [0.25, 0.3) is 0 Å². The molecule has 92 valence electrons. The molecule has 0 bridgehead atoms. The van der Waals surface area contributed by atoms with Crippen molar-refractivity contribution in [3.05, 3.63) is 23.8 Å². The predicted molar refractivity (Wildman–Crippen MR) is 71.7 cm³/mol. The van der Waals surface area contributed by atoms with Gasteiger partial charge in [0.1, 0.15) is 0 Å². The molecule has 0 heterocycles. The van der Waals surface area contributed by atoms with Gasteiger partial charge in [0.2, 0.25) is 0 Å². The lowest BCUT2D eigenvalue weighted by atomic mass is 10.2. The van der Waals surface area contributed by atoms with E-state index in [1.54, 1.807) is 31.5 Å². The van der Waals surface area contributed by atoms with E-state index in [1.165, 1.54) is 0 Å². The SMILES string of the molecule is CCOc1cc(C=NNC(=S)NC)ccc1O. The quantitative estimate of drug-likeness (QED) is 0.428. The van der Waals surface area contributed by atoms with Gasteiger partial charge in [-0.3, -0.25) is 5.43 Å². The highest BCUT2D eigenvalue weighted by molar-refractivity contribution is 7.80. The van der Waals surface area contributed by atoms with Crippen molar-refractivity contribution in [2.24, 2.45) is 5.10 Å². The number of rotatable bonds is 4. The molecule has 0 fully saturated rings. The van der Waals surface area contributed by atoms with Gasteiger partial charge in [-0.2, -0.15) is 5.10 Å². The molecule has 0 amide bonds. The highest BCUT2D eigenvalue weighted by Crippen LogP contribution is 2.25. The number of ether oxygens (including phenoxy) is 1. The van der Waals surface area contributed by atoms with Gasteiger partial charge in [0.05, 0.1) is 12.8 Å². The minimum Gasteiger partial charge on any atom is -0.504 e. The van der Waals surface area contributed by atoms with Crippen molar-refractivity contribution in [2.45, 2.75) is 6.92 Å². The normalized spacial score (nSPS) is 10.2. The van der Waals surface area contributed by atoms with E-state index in [1.807, 2.05) is 6.92 Å². The third-order valence-electron chi connectivity index (χ3n) is 1.89. The van der Waals surface area contributed by atoms with Crippen LogP contribution in [0.2, 0.25) is 0 Å². The molecule has 0 aliphatic rings. The Bertz CT molecular complexity index is 421. The summed E-state index contributed by atoms with van der Waals surface area (Å²) in [7, 11) is 1.71. The fourth-order valence-electron chi connectivity index (χ4n) is 1.10. The van der Waals surface area contributed by atoms with Crippen LogP contribution in [-0.4, -0.2) is 30.1 Å². The van der Waals surface area contributed by atoms with E-state index in [9.17, 15) is 5.11 Å². The van der Waals surface area contributed by atoms with E-state index < -0.39 is 0 Å². The number of benzene rings is 1. The molecular formula is C11H15N3O2S. The molecule has 6 heteroatoms. The zero-order valence-corrected chi connectivity index (χ0v) is 10.5. The summed E-state index contributed by atoms with van der Waals surface area (Å²) in [5.74, 6) is 0.551. The van der Waals surface area contributed by atoms with Crippen LogP contribution < -0.4 is 15.5 Å². The minimum atomic E-state index is 0.114. The molecular weight excluding hydrogens is 238 g/mol. The molecule has 3 N–H and O–H groups in total. The van der Waals surface area contributed by atoms with Crippen LogP contribution in [0.1, 0.15) is 12.5 Å². The Labute approximate surface area is 105 Å². The second kappa shape index (κ2) is 6.70. The van der Waals surface area contributed by atoms with Crippen LogP contribution >= 0.6 is 12.2 Å². The number of thiocarbonyl (C=S) groups is 1. The van der Waals surface area contributed by atoms with Gasteiger partial charge in [-0.05, 0) is 42.9 Å². The van der Waals surface area contributed by atoms with Crippen molar-refractivity contribution in [3.8, 4) is 11.5 Å². The first kappa shape index (κ1) is 13.2. The number of phenolic OH excluding ortho intramolecular Hbond substituents is 1. The summed E-state index contributed by atoms with van der Waals surface area (Å²) >= 11 is 4.86. The second-order valence-electron chi connectivity index (χ2n) is 3.11. The Morgan fingerprint density at radius 3 is 3.00 bits per heavy atom. The lowest BCUT2D eigenvalue weighted by Gasteiger charge is -2.06. The standard InChI is InChI=1S/C11H15N3O2S/c1-3-16-10-6-8(4-5-9(10)15)7-13-14-11(17)12-2/h4-7,15H,3H2,1-2H3,(H2,12,14,17). The molecule has 0 aromatic heterocycles. The summed E-state index contributed by atoms with van der Waals surface area (Å²) in [5, 5.41) is 16.6. The van der Waals surface area contributed by atoms with Crippen molar-refractivity contribution in [2.75, 3.05) is 13.7 Å². The molecule has 0 saturated heterocycles. The van der Waals surface area contributed by atoms with E-state index in [2.05, 4.69) is 15.8 Å². The Morgan fingerprint density at radius 1 is 1.59 bits per heavy atom. The first-order valence-corrected chi connectivity index (χ1v) is 5.54. The van der Waals surface area contributed by atoms with Gasteiger partial charge in [-0.1, -0.05) is 0 Å². The van der Waals surface area contributed by atoms with Gasteiger partial charge in [0.25, 0.3) is 0 Å². The Hall–Kier alpha value is -1.82. The molecule has 1 aromatic carbocycles. The molecule has 0 radical (unpaired) electrons. The average molecular weight is 253 g/mol. The molecule has 1 rings (SSSR count). The molecule has 0 aliphatic heterocycles. The van der Waals surface area contributed by atoms with Crippen molar-refractivity contribution in [3.63, 3.8) is 0 Å². The molecule has 1 aromatic rings. The third kappa shape index (κ3) is 4.28. The fourth-order valence-corrected chi connectivity index (χ4v) is 1.16. The number of nitrogens with zero attached hydrogens (tertiary/aromatic N) is 1.